The Morgan fingerprint density at radius 1 is 0.938 bits per heavy atom. The highest BCUT2D eigenvalue weighted by atomic mass is 16.5. The third kappa shape index (κ3) is 18.7. The molecule has 0 aromatic heterocycles. The molecule has 4 heteroatoms. The molecule has 0 heterocycles. The standard InChI is InChI=1S/2C6H12O2/c1-3-4-5-8-6(2)7;1-3-5-8-6(7)4-2/h2*3-5H2,1-2H3. The molecular formula is C12H24O4. The zero-order valence-electron chi connectivity index (χ0n) is 10.9. The first-order valence-electron chi connectivity index (χ1n) is 5.87. The molecule has 0 aliphatic rings. The molecule has 0 N–H and O–H groups in total. The Labute approximate surface area is 98.3 Å². The molecule has 0 rings (SSSR count). The van der Waals surface area contributed by atoms with Crippen LogP contribution in [0.5, 0.6) is 0 Å². The molecule has 0 bridgehead atoms. The molecule has 0 amide bonds. The molecule has 0 fully saturated rings. The maximum absolute atomic E-state index is 10.3. The smallest absolute Gasteiger partial charge is 0.305 e. The molecule has 0 aromatic carbocycles. The van der Waals surface area contributed by atoms with E-state index < -0.39 is 0 Å². The van der Waals surface area contributed by atoms with Crippen LogP contribution in [0, 0.1) is 0 Å². The van der Waals surface area contributed by atoms with Gasteiger partial charge in [-0.1, -0.05) is 27.2 Å². The molecule has 0 saturated carbocycles. The van der Waals surface area contributed by atoms with Crippen LogP contribution >= 0.6 is 0 Å². The van der Waals surface area contributed by atoms with Gasteiger partial charge in [0.2, 0.25) is 0 Å². The molecule has 16 heavy (non-hydrogen) atoms. The minimum absolute atomic E-state index is 0.105. The van der Waals surface area contributed by atoms with E-state index in [4.69, 9.17) is 4.74 Å². The van der Waals surface area contributed by atoms with E-state index >= 15 is 0 Å². The second kappa shape index (κ2) is 13.9. The van der Waals surface area contributed by atoms with Gasteiger partial charge in [-0.3, -0.25) is 9.59 Å². The average Bonchev–Trinajstić information content (AvgIpc) is 2.26. The Morgan fingerprint density at radius 3 is 1.94 bits per heavy atom. The number of esters is 2. The summed E-state index contributed by atoms with van der Waals surface area (Å²) in [5.41, 5.74) is 0. The van der Waals surface area contributed by atoms with Crippen LogP contribution in [0.4, 0.5) is 0 Å². The van der Waals surface area contributed by atoms with Gasteiger partial charge in [0, 0.05) is 13.3 Å². The van der Waals surface area contributed by atoms with Gasteiger partial charge in [-0.25, -0.2) is 0 Å². The van der Waals surface area contributed by atoms with Crippen molar-refractivity contribution in [3.05, 3.63) is 0 Å². The maximum atomic E-state index is 10.3. The van der Waals surface area contributed by atoms with Crippen molar-refractivity contribution in [2.24, 2.45) is 0 Å². The van der Waals surface area contributed by atoms with E-state index in [9.17, 15) is 9.59 Å². The van der Waals surface area contributed by atoms with Crippen LogP contribution < -0.4 is 0 Å². The van der Waals surface area contributed by atoms with Crippen molar-refractivity contribution in [2.75, 3.05) is 13.2 Å². The first-order chi connectivity index (χ1) is 7.58. The molecule has 0 spiro atoms. The van der Waals surface area contributed by atoms with Crippen molar-refractivity contribution in [2.45, 2.75) is 53.4 Å². The van der Waals surface area contributed by atoms with Gasteiger partial charge in [0.25, 0.3) is 0 Å². The number of unbranched alkanes of at least 4 members (excludes halogenated alkanes) is 1. The van der Waals surface area contributed by atoms with E-state index in [-0.39, 0.29) is 11.9 Å². The number of hydrogen-bond donors (Lipinski definition) is 0. The molecule has 0 atom stereocenters. The van der Waals surface area contributed by atoms with Crippen LogP contribution in [-0.2, 0) is 19.1 Å². The van der Waals surface area contributed by atoms with Gasteiger partial charge in [-0.15, -0.1) is 0 Å². The zero-order chi connectivity index (χ0) is 12.8. The molecule has 96 valence electrons. The van der Waals surface area contributed by atoms with Crippen molar-refractivity contribution in [3.8, 4) is 0 Å². The van der Waals surface area contributed by atoms with Crippen LogP contribution in [0.25, 0.3) is 0 Å². The van der Waals surface area contributed by atoms with E-state index in [1.54, 1.807) is 6.92 Å². The number of hydrogen-bond acceptors (Lipinski definition) is 4. The maximum Gasteiger partial charge on any atom is 0.305 e. The first-order valence-corrected chi connectivity index (χ1v) is 5.87. The molecular weight excluding hydrogens is 208 g/mol. The lowest BCUT2D eigenvalue weighted by molar-refractivity contribution is -0.143. The number of carbonyl (C=O) groups is 2. The zero-order valence-corrected chi connectivity index (χ0v) is 10.9. The van der Waals surface area contributed by atoms with Crippen LogP contribution in [0.1, 0.15) is 53.4 Å². The summed E-state index contributed by atoms with van der Waals surface area (Å²) in [5.74, 6) is -0.287. The number of carbonyl (C=O) groups excluding carboxylic acids is 2. The monoisotopic (exact) mass is 232 g/mol. The topological polar surface area (TPSA) is 52.6 Å². The Bertz CT molecular complexity index is 178. The highest BCUT2D eigenvalue weighted by Gasteiger charge is 1.93. The summed E-state index contributed by atoms with van der Waals surface area (Å²) < 4.78 is 9.34. The summed E-state index contributed by atoms with van der Waals surface area (Å²) in [6.07, 6.45) is 3.44. The van der Waals surface area contributed by atoms with Gasteiger partial charge in [0.15, 0.2) is 0 Å². The van der Waals surface area contributed by atoms with Gasteiger partial charge >= 0.3 is 11.9 Å². The van der Waals surface area contributed by atoms with Gasteiger partial charge < -0.3 is 9.47 Å². The second-order valence-corrected chi connectivity index (χ2v) is 3.27. The summed E-state index contributed by atoms with van der Waals surface area (Å²) in [7, 11) is 0. The molecule has 0 unspecified atom stereocenters. The fraction of sp³-hybridized carbons (Fsp3) is 0.833. The van der Waals surface area contributed by atoms with E-state index in [1.807, 2.05) is 6.92 Å². The summed E-state index contributed by atoms with van der Waals surface area (Å²) in [4.78, 5) is 20.4. The Kier molecular flexibility index (Phi) is 15.1. The van der Waals surface area contributed by atoms with E-state index in [0.29, 0.717) is 19.6 Å². The fourth-order valence-electron chi connectivity index (χ4n) is 0.678. The third-order valence-corrected chi connectivity index (χ3v) is 1.56. The quantitative estimate of drug-likeness (QED) is 0.522. The summed E-state index contributed by atoms with van der Waals surface area (Å²) in [6, 6.07) is 0. The highest BCUT2D eigenvalue weighted by molar-refractivity contribution is 5.68. The molecule has 0 radical (unpaired) electrons. The Hall–Kier alpha value is -1.06. The van der Waals surface area contributed by atoms with Gasteiger partial charge in [0.1, 0.15) is 0 Å². The van der Waals surface area contributed by atoms with Gasteiger partial charge in [0.05, 0.1) is 13.2 Å². The van der Waals surface area contributed by atoms with Crippen LogP contribution in [-0.4, -0.2) is 25.2 Å². The minimum Gasteiger partial charge on any atom is -0.466 e. The van der Waals surface area contributed by atoms with Crippen LogP contribution in [0.3, 0.4) is 0 Å². The van der Waals surface area contributed by atoms with E-state index in [1.165, 1.54) is 6.92 Å². The second-order valence-electron chi connectivity index (χ2n) is 3.27. The number of ether oxygens (including phenoxy) is 2. The largest absolute Gasteiger partial charge is 0.466 e. The summed E-state index contributed by atoms with van der Waals surface area (Å²) >= 11 is 0. The van der Waals surface area contributed by atoms with Gasteiger partial charge in [-0.05, 0) is 12.8 Å². The normalized spacial score (nSPS) is 8.75. The fourth-order valence-corrected chi connectivity index (χ4v) is 0.678. The van der Waals surface area contributed by atoms with Crippen molar-refractivity contribution in [3.63, 3.8) is 0 Å². The van der Waals surface area contributed by atoms with E-state index in [2.05, 4.69) is 11.7 Å². The summed E-state index contributed by atoms with van der Waals surface area (Å²) in [5, 5.41) is 0. The Balaban J connectivity index is 0. The van der Waals surface area contributed by atoms with Gasteiger partial charge in [-0.2, -0.15) is 0 Å². The Morgan fingerprint density at radius 2 is 1.56 bits per heavy atom. The predicted octanol–water partition coefficient (Wildman–Crippen LogP) is 2.70. The van der Waals surface area contributed by atoms with Crippen molar-refractivity contribution in [1.82, 2.24) is 0 Å². The van der Waals surface area contributed by atoms with Crippen molar-refractivity contribution >= 4 is 11.9 Å². The average molecular weight is 232 g/mol. The third-order valence-electron chi connectivity index (χ3n) is 1.56. The molecule has 0 aliphatic heterocycles. The van der Waals surface area contributed by atoms with Crippen LogP contribution in [0.15, 0.2) is 0 Å². The summed E-state index contributed by atoms with van der Waals surface area (Å²) in [6.45, 7) is 8.39. The molecule has 4 nitrogen and oxygen atoms in total. The highest BCUT2D eigenvalue weighted by Crippen LogP contribution is 1.87. The lowest BCUT2D eigenvalue weighted by Crippen LogP contribution is -2.02. The van der Waals surface area contributed by atoms with Crippen molar-refractivity contribution in [1.29, 1.82) is 0 Å². The first kappa shape index (κ1) is 17.3. The molecule has 0 aliphatic carbocycles. The van der Waals surface area contributed by atoms with Crippen molar-refractivity contribution < 1.29 is 19.1 Å². The lowest BCUT2D eigenvalue weighted by Gasteiger charge is -1.97. The molecule has 0 saturated heterocycles. The minimum atomic E-state index is -0.182. The lowest BCUT2D eigenvalue weighted by atomic mass is 10.4. The van der Waals surface area contributed by atoms with E-state index in [0.717, 1.165) is 19.3 Å². The number of rotatable bonds is 6. The SMILES string of the molecule is CCCCOC(C)=O.CCCOC(=O)CC. The molecule has 0 aromatic rings. The predicted molar refractivity (Wildman–Crippen MR) is 63.1 cm³/mol. The van der Waals surface area contributed by atoms with Crippen LogP contribution in [0.2, 0.25) is 0 Å².